The molecule has 0 fully saturated rings. The molecule has 2 aromatic carbocycles. The van der Waals surface area contributed by atoms with Gasteiger partial charge in [0.05, 0.1) is 10.7 Å². The van der Waals surface area contributed by atoms with Crippen LogP contribution in [0.25, 0.3) is 0 Å². The molecule has 0 heterocycles. The van der Waals surface area contributed by atoms with Crippen molar-refractivity contribution in [2.45, 2.75) is 13.8 Å². The van der Waals surface area contributed by atoms with E-state index in [1.807, 2.05) is 32.0 Å². The second kappa shape index (κ2) is 5.94. The summed E-state index contributed by atoms with van der Waals surface area (Å²) in [7, 11) is 0. The number of halogens is 3. The van der Waals surface area contributed by atoms with E-state index in [0.29, 0.717) is 15.7 Å². The summed E-state index contributed by atoms with van der Waals surface area (Å²) in [6, 6.07) is 8.04. The van der Waals surface area contributed by atoms with Crippen LogP contribution in [-0.4, -0.2) is 5.91 Å². The molecule has 0 aromatic heterocycles. The van der Waals surface area contributed by atoms with E-state index >= 15 is 0 Å². The van der Waals surface area contributed by atoms with E-state index in [0.717, 1.165) is 17.2 Å². The van der Waals surface area contributed by atoms with Crippen molar-refractivity contribution in [1.29, 1.82) is 0 Å². The van der Waals surface area contributed by atoms with Crippen LogP contribution < -0.4 is 5.32 Å². The van der Waals surface area contributed by atoms with Crippen molar-refractivity contribution in [3.05, 3.63) is 62.3 Å². The van der Waals surface area contributed by atoms with Crippen molar-refractivity contribution in [3.8, 4) is 0 Å². The van der Waals surface area contributed by atoms with Gasteiger partial charge in [0, 0.05) is 10.0 Å². The van der Waals surface area contributed by atoms with Crippen LogP contribution in [0.1, 0.15) is 21.5 Å². The van der Waals surface area contributed by atoms with Crippen molar-refractivity contribution >= 4 is 39.1 Å². The second-order valence-corrected chi connectivity index (χ2v) is 5.73. The molecular weight excluding hydrogens is 345 g/mol. The molecule has 0 saturated heterocycles. The molecule has 0 aliphatic heterocycles. The second-order valence-electron chi connectivity index (χ2n) is 4.47. The monoisotopic (exact) mass is 355 g/mol. The summed E-state index contributed by atoms with van der Waals surface area (Å²) >= 11 is 9.16. The number of anilines is 1. The zero-order valence-corrected chi connectivity index (χ0v) is 13.3. The van der Waals surface area contributed by atoms with E-state index in [1.54, 1.807) is 0 Å². The van der Waals surface area contributed by atoms with Crippen LogP contribution in [0.4, 0.5) is 10.1 Å². The lowest BCUT2D eigenvalue weighted by molar-refractivity contribution is 0.102. The summed E-state index contributed by atoms with van der Waals surface area (Å²) < 4.78 is 13.6. The number of nitrogens with one attached hydrogen (secondary N) is 1. The Hall–Kier alpha value is -1.39. The number of amides is 1. The van der Waals surface area contributed by atoms with Crippen molar-refractivity contribution in [1.82, 2.24) is 0 Å². The third-order valence-electron chi connectivity index (χ3n) is 2.95. The van der Waals surface area contributed by atoms with Gasteiger partial charge in [0.2, 0.25) is 0 Å². The highest BCUT2D eigenvalue weighted by Gasteiger charge is 2.16. The van der Waals surface area contributed by atoms with Crippen LogP contribution in [0.3, 0.4) is 0 Å². The van der Waals surface area contributed by atoms with Gasteiger partial charge in [0.1, 0.15) is 5.82 Å². The molecule has 0 spiro atoms. The van der Waals surface area contributed by atoms with E-state index < -0.39 is 5.82 Å². The maximum atomic E-state index is 13.2. The van der Waals surface area contributed by atoms with Gasteiger partial charge in [-0.1, -0.05) is 29.8 Å². The standard InChI is InChI=1S/C15H12BrClFNO/c1-8-4-3-5-9(2)13(8)15(20)19-14-11(16)6-10(18)7-12(14)17/h3-7H,1-2H3,(H,19,20). The first-order valence-electron chi connectivity index (χ1n) is 5.92. The minimum absolute atomic E-state index is 0.150. The fourth-order valence-electron chi connectivity index (χ4n) is 2.01. The van der Waals surface area contributed by atoms with E-state index in [1.165, 1.54) is 6.07 Å². The molecular formula is C15H12BrClFNO. The highest BCUT2D eigenvalue weighted by molar-refractivity contribution is 9.10. The lowest BCUT2D eigenvalue weighted by atomic mass is 10.0. The average Bonchev–Trinajstić information content (AvgIpc) is 2.33. The van der Waals surface area contributed by atoms with Gasteiger partial charge in [-0.15, -0.1) is 0 Å². The van der Waals surface area contributed by atoms with Crippen molar-refractivity contribution in [2.24, 2.45) is 0 Å². The van der Waals surface area contributed by atoms with Gasteiger partial charge in [-0.05, 0) is 53.0 Å². The highest BCUT2D eigenvalue weighted by Crippen LogP contribution is 2.32. The molecule has 0 aliphatic rings. The Morgan fingerprint density at radius 3 is 2.40 bits per heavy atom. The van der Waals surface area contributed by atoms with Gasteiger partial charge in [0.15, 0.2) is 0 Å². The number of benzene rings is 2. The lowest BCUT2D eigenvalue weighted by Gasteiger charge is -2.13. The molecule has 20 heavy (non-hydrogen) atoms. The van der Waals surface area contributed by atoms with Crippen molar-refractivity contribution in [3.63, 3.8) is 0 Å². The Morgan fingerprint density at radius 2 is 1.85 bits per heavy atom. The number of carbonyl (C=O) groups excluding carboxylic acids is 1. The Morgan fingerprint density at radius 1 is 1.25 bits per heavy atom. The fourth-order valence-corrected chi connectivity index (χ4v) is 2.91. The molecule has 5 heteroatoms. The van der Waals surface area contributed by atoms with Crippen LogP contribution in [0.2, 0.25) is 5.02 Å². The molecule has 0 saturated carbocycles. The molecule has 104 valence electrons. The first-order valence-corrected chi connectivity index (χ1v) is 7.09. The van der Waals surface area contributed by atoms with Crippen molar-refractivity contribution in [2.75, 3.05) is 5.32 Å². The average molecular weight is 357 g/mol. The Kier molecular flexibility index (Phi) is 4.45. The number of aryl methyl sites for hydroxylation is 2. The maximum Gasteiger partial charge on any atom is 0.256 e. The summed E-state index contributed by atoms with van der Waals surface area (Å²) in [6.07, 6.45) is 0. The summed E-state index contributed by atoms with van der Waals surface area (Å²) in [5, 5.41) is 2.87. The molecule has 0 unspecified atom stereocenters. The molecule has 1 N–H and O–H groups in total. The van der Waals surface area contributed by atoms with E-state index in [4.69, 9.17) is 11.6 Å². The van der Waals surface area contributed by atoms with Gasteiger partial charge in [0.25, 0.3) is 5.91 Å². The molecule has 2 rings (SSSR count). The summed E-state index contributed by atoms with van der Waals surface area (Å²) in [6.45, 7) is 3.73. The van der Waals surface area contributed by atoms with Crippen LogP contribution in [0.5, 0.6) is 0 Å². The van der Waals surface area contributed by atoms with Gasteiger partial charge >= 0.3 is 0 Å². The first-order chi connectivity index (χ1) is 9.40. The summed E-state index contributed by atoms with van der Waals surface area (Å²) in [4.78, 5) is 12.4. The predicted octanol–water partition coefficient (Wildman–Crippen LogP) is 5.11. The Balaban J connectivity index is 2.38. The molecule has 0 atom stereocenters. The fraction of sp³-hybridized carbons (Fsp3) is 0.133. The Bertz CT molecular complexity index is 644. The molecule has 1 amide bonds. The number of carbonyl (C=O) groups is 1. The molecule has 0 radical (unpaired) electrons. The normalized spacial score (nSPS) is 10.4. The molecule has 0 bridgehead atoms. The first kappa shape index (κ1) is 15.0. The molecule has 2 nitrogen and oxygen atoms in total. The van der Waals surface area contributed by atoms with E-state index in [9.17, 15) is 9.18 Å². The van der Waals surface area contributed by atoms with E-state index in [2.05, 4.69) is 21.2 Å². The topological polar surface area (TPSA) is 29.1 Å². The molecule has 0 aliphatic carbocycles. The summed E-state index contributed by atoms with van der Waals surface area (Å²) in [5.41, 5.74) is 2.70. The predicted molar refractivity (Wildman–Crippen MR) is 83.0 cm³/mol. The maximum absolute atomic E-state index is 13.2. The molecule has 2 aromatic rings. The lowest BCUT2D eigenvalue weighted by Crippen LogP contribution is -2.15. The zero-order chi connectivity index (χ0) is 14.9. The van der Waals surface area contributed by atoms with Crippen LogP contribution in [-0.2, 0) is 0 Å². The largest absolute Gasteiger partial charge is 0.320 e. The van der Waals surface area contributed by atoms with Crippen molar-refractivity contribution < 1.29 is 9.18 Å². The summed E-state index contributed by atoms with van der Waals surface area (Å²) in [5.74, 6) is -0.734. The minimum atomic E-state index is -0.466. The van der Waals surface area contributed by atoms with E-state index in [-0.39, 0.29) is 10.9 Å². The highest BCUT2D eigenvalue weighted by atomic mass is 79.9. The third kappa shape index (κ3) is 3.02. The number of hydrogen-bond donors (Lipinski definition) is 1. The van der Waals surface area contributed by atoms with Gasteiger partial charge in [-0.3, -0.25) is 4.79 Å². The van der Waals surface area contributed by atoms with Crippen LogP contribution in [0, 0.1) is 19.7 Å². The quantitative estimate of drug-likeness (QED) is 0.796. The minimum Gasteiger partial charge on any atom is -0.320 e. The smallest absolute Gasteiger partial charge is 0.256 e. The van der Waals surface area contributed by atoms with Gasteiger partial charge < -0.3 is 5.32 Å². The number of rotatable bonds is 2. The van der Waals surface area contributed by atoms with Crippen LogP contribution in [0.15, 0.2) is 34.8 Å². The third-order valence-corrected chi connectivity index (χ3v) is 3.88. The number of hydrogen-bond acceptors (Lipinski definition) is 1. The van der Waals surface area contributed by atoms with Gasteiger partial charge in [-0.2, -0.15) is 0 Å². The Labute approximate surface area is 130 Å². The van der Waals surface area contributed by atoms with Crippen LogP contribution >= 0.6 is 27.5 Å². The SMILES string of the molecule is Cc1cccc(C)c1C(=O)Nc1c(Cl)cc(F)cc1Br. The van der Waals surface area contributed by atoms with Gasteiger partial charge in [-0.25, -0.2) is 4.39 Å². The zero-order valence-electron chi connectivity index (χ0n) is 10.9.